The maximum atomic E-state index is 6.35. The van der Waals surface area contributed by atoms with Gasteiger partial charge in [0, 0.05) is 17.7 Å². The minimum atomic E-state index is 0.000207. The standard InChI is InChI=1S/C22H24ClNO3/c1-14(2)27-22-17-12-21(26-4)20(25-3)11-16(17)18(13-23)19(24-22)10-15-8-6-5-7-9-15/h5-9,11-12,14H,10,13H2,1-4H3. The van der Waals surface area contributed by atoms with E-state index in [-0.39, 0.29) is 6.10 Å². The second-order valence-electron chi connectivity index (χ2n) is 6.56. The van der Waals surface area contributed by atoms with Gasteiger partial charge in [0.1, 0.15) is 0 Å². The van der Waals surface area contributed by atoms with E-state index in [0.717, 1.165) is 22.0 Å². The lowest BCUT2D eigenvalue weighted by Gasteiger charge is -2.18. The van der Waals surface area contributed by atoms with Crippen molar-refractivity contribution in [2.24, 2.45) is 0 Å². The summed E-state index contributed by atoms with van der Waals surface area (Å²) in [4.78, 5) is 4.83. The maximum absolute atomic E-state index is 6.35. The number of ether oxygens (including phenoxy) is 3. The summed E-state index contributed by atoms with van der Waals surface area (Å²) in [5.74, 6) is 2.23. The number of hydrogen-bond donors (Lipinski definition) is 0. The third kappa shape index (κ3) is 4.11. The fourth-order valence-corrected chi connectivity index (χ4v) is 3.41. The molecule has 0 bridgehead atoms. The fourth-order valence-electron chi connectivity index (χ4n) is 3.11. The topological polar surface area (TPSA) is 40.6 Å². The van der Waals surface area contributed by atoms with Gasteiger partial charge in [-0.25, -0.2) is 4.98 Å². The number of benzene rings is 2. The van der Waals surface area contributed by atoms with Crippen LogP contribution >= 0.6 is 11.6 Å². The van der Waals surface area contributed by atoms with E-state index in [1.807, 2.05) is 44.2 Å². The van der Waals surface area contributed by atoms with E-state index < -0.39 is 0 Å². The fraction of sp³-hybridized carbons (Fsp3) is 0.318. The zero-order valence-corrected chi connectivity index (χ0v) is 16.8. The Kier molecular flexibility index (Phi) is 6.07. The number of methoxy groups -OCH3 is 2. The Morgan fingerprint density at radius 2 is 1.59 bits per heavy atom. The highest BCUT2D eigenvalue weighted by atomic mass is 35.5. The van der Waals surface area contributed by atoms with E-state index in [0.29, 0.717) is 29.7 Å². The molecular weight excluding hydrogens is 362 g/mol. The number of pyridine rings is 1. The highest BCUT2D eigenvalue weighted by Crippen LogP contribution is 2.39. The number of halogens is 1. The van der Waals surface area contributed by atoms with Crippen molar-refractivity contribution >= 4 is 22.4 Å². The van der Waals surface area contributed by atoms with E-state index in [2.05, 4.69) is 12.1 Å². The first kappa shape index (κ1) is 19.3. The zero-order valence-electron chi connectivity index (χ0n) is 16.1. The molecule has 0 N–H and O–H groups in total. The molecule has 0 aliphatic carbocycles. The molecule has 0 atom stereocenters. The van der Waals surface area contributed by atoms with Crippen LogP contribution in [0.5, 0.6) is 17.4 Å². The lowest BCUT2D eigenvalue weighted by molar-refractivity contribution is 0.235. The normalized spacial score (nSPS) is 11.0. The summed E-state index contributed by atoms with van der Waals surface area (Å²) in [5, 5.41) is 1.84. The smallest absolute Gasteiger partial charge is 0.222 e. The number of aromatic nitrogens is 1. The molecule has 1 aromatic heterocycles. The summed E-state index contributed by atoms with van der Waals surface area (Å²) in [7, 11) is 3.24. The molecule has 1 heterocycles. The van der Waals surface area contributed by atoms with Crippen molar-refractivity contribution in [3.63, 3.8) is 0 Å². The highest BCUT2D eigenvalue weighted by Gasteiger charge is 2.19. The van der Waals surface area contributed by atoms with E-state index in [9.17, 15) is 0 Å². The third-order valence-corrected chi connectivity index (χ3v) is 4.63. The molecule has 4 nitrogen and oxygen atoms in total. The molecule has 3 aromatic rings. The largest absolute Gasteiger partial charge is 0.493 e. The Morgan fingerprint density at radius 1 is 0.963 bits per heavy atom. The molecule has 0 fully saturated rings. The van der Waals surface area contributed by atoms with Crippen LogP contribution in [0.3, 0.4) is 0 Å². The van der Waals surface area contributed by atoms with Crippen LogP contribution in [0.25, 0.3) is 10.8 Å². The van der Waals surface area contributed by atoms with Gasteiger partial charge in [-0.2, -0.15) is 0 Å². The summed E-state index contributed by atoms with van der Waals surface area (Å²) in [6, 6.07) is 14.1. The molecule has 0 saturated carbocycles. The molecule has 0 aliphatic heterocycles. The van der Waals surface area contributed by atoms with Crippen molar-refractivity contribution in [3.05, 3.63) is 59.3 Å². The summed E-state index contributed by atoms with van der Waals surface area (Å²) >= 11 is 6.35. The Bertz CT molecular complexity index is 926. The molecular formula is C22H24ClNO3. The molecule has 142 valence electrons. The van der Waals surface area contributed by atoms with Crippen LogP contribution in [0.4, 0.5) is 0 Å². The SMILES string of the molecule is COc1cc2c(OC(C)C)nc(Cc3ccccc3)c(CCl)c2cc1OC. The van der Waals surface area contributed by atoms with Gasteiger partial charge in [-0.3, -0.25) is 0 Å². The van der Waals surface area contributed by atoms with Gasteiger partial charge in [0.25, 0.3) is 0 Å². The van der Waals surface area contributed by atoms with Crippen LogP contribution in [0.15, 0.2) is 42.5 Å². The first-order valence-corrected chi connectivity index (χ1v) is 9.44. The van der Waals surface area contributed by atoms with E-state index in [1.54, 1.807) is 14.2 Å². The molecule has 5 heteroatoms. The maximum Gasteiger partial charge on any atom is 0.222 e. The Balaban J connectivity index is 2.25. The first-order valence-electron chi connectivity index (χ1n) is 8.91. The molecule has 27 heavy (non-hydrogen) atoms. The van der Waals surface area contributed by atoms with Crippen LogP contribution in [0, 0.1) is 0 Å². The average Bonchev–Trinajstić information content (AvgIpc) is 2.67. The van der Waals surface area contributed by atoms with Crippen LogP contribution in [-0.2, 0) is 12.3 Å². The van der Waals surface area contributed by atoms with Crippen LogP contribution in [-0.4, -0.2) is 25.3 Å². The van der Waals surface area contributed by atoms with E-state index in [4.69, 9.17) is 30.8 Å². The minimum absolute atomic E-state index is 0.000207. The summed E-state index contributed by atoms with van der Waals surface area (Å²) < 4.78 is 17.0. The Labute approximate surface area is 165 Å². The Hall–Kier alpha value is -2.46. The van der Waals surface area contributed by atoms with Gasteiger partial charge >= 0.3 is 0 Å². The molecule has 0 saturated heterocycles. The first-order chi connectivity index (χ1) is 13.1. The highest BCUT2D eigenvalue weighted by molar-refractivity contribution is 6.18. The monoisotopic (exact) mass is 385 g/mol. The summed E-state index contributed by atoms with van der Waals surface area (Å²) in [6.07, 6.45) is 0.682. The molecule has 2 aromatic carbocycles. The Morgan fingerprint density at radius 3 is 2.15 bits per heavy atom. The molecule has 0 radical (unpaired) electrons. The summed E-state index contributed by atoms with van der Waals surface area (Å²) in [5.41, 5.74) is 3.06. The number of alkyl halides is 1. The lowest BCUT2D eigenvalue weighted by atomic mass is 10.00. The van der Waals surface area contributed by atoms with Crippen molar-refractivity contribution in [2.45, 2.75) is 32.3 Å². The zero-order chi connectivity index (χ0) is 19.4. The number of hydrogen-bond acceptors (Lipinski definition) is 4. The van der Waals surface area contributed by atoms with Gasteiger partial charge < -0.3 is 14.2 Å². The third-order valence-electron chi connectivity index (χ3n) is 4.36. The van der Waals surface area contributed by atoms with Crippen molar-refractivity contribution in [2.75, 3.05) is 14.2 Å². The molecule has 0 aliphatic rings. The minimum Gasteiger partial charge on any atom is -0.493 e. The summed E-state index contributed by atoms with van der Waals surface area (Å²) in [6.45, 7) is 3.97. The predicted octanol–water partition coefficient (Wildman–Crippen LogP) is 5.37. The van der Waals surface area contributed by atoms with Gasteiger partial charge in [0.15, 0.2) is 11.5 Å². The van der Waals surface area contributed by atoms with Gasteiger partial charge in [-0.15, -0.1) is 11.6 Å². The lowest BCUT2D eigenvalue weighted by Crippen LogP contribution is -2.10. The second-order valence-corrected chi connectivity index (χ2v) is 6.82. The van der Waals surface area contributed by atoms with E-state index >= 15 is 0 Å². The average molecular weight is 386 g/mol. The van der Waals surface area contributed by atoms with Crippen molar-refractivity contribution in [1.82, 2.24) is 4.98 Å². The molecule has 3 rings (SSSR count). The van der Waals surface area contributed by atoms with Gasteiger partial charge in [0.2, 0.25) is 5.88 Å². The number of fused-ring (bicyclic) bond motifs is 1. The van der Waals surface area contributed by atoms with Gasteiger partial charge in [-0.05, 0) is 42.5 Å². The van der Waals surface area contributed by atoms with Crippen molar-refractivity contribution < 1.29 is 14.2 Å². The quantitative estimate of drug-likeness (QED) is 0.513. The van der Waals surface area contributed by atoms with Crippen molar-refractivity contribution in [1.29, 1.82) is 0 Å². The second kappa shape index (κ2) is 8.49. The van der Waals surface area contributed by atoms with Crippen molar-refractivity contribution in [3.8, 4) is 17.4 Å². The number of nitrogens with zero attached hydrogens (tertiary/aromatic N) is 1. The van der Waals surface area contributed by atoms with Crippen LogP contribution < -0.4 is 14.2 Å². The molecule has 0 amide bonds. The van der Waals surface area contributed by atoms with E-state index in [1.165, 1.54) is 5.56 Å². The molecule has 0 unspecified atom stereocenters. The molecule has 0 spiro atoms. The predicted molar refractivity (Wildman–Crippen MR) is 109 cm³/mol. The van der Waals surface area contributed by atoms with Crippen LogP contribution in [0.1, 0.15) is 30.7 Å². The number of rotatable bonds is 7. The van der Waals surface area contributed by atoms with Gasteiger partial charge in [0.05, 0.1) is 26.0 Å². The van der Waals surface area contributed by atoms with Crippen LogP contribution in [0.2, 0.25) is 0 Å². The van der Waals surface area contributed by atoms with Gasteiger partial charge in [-0.1, -0.05) is 30.3 Å².